The van der Waals surface area contributed by atoms with Gasteiger partial charge in [-0.05, 0) is 141 Å². The van der Waals surface area contributed by atoms with Crippen LogP contribution in [0.3, 0.4) is 0 Å². The van der Waals surface area contributed by atoms with Crippen LogP contribution in [0.25, 0.3) is 11.1 Å². The molecular formula is C46H70O3. The van der Waals surface area contributed by atoms with Gasteiger partial charge in [-0.25, -0.2) is 4.79 Å². The highest BCUT2D eigenvalue weighted by Crippen LogP contribution is 2.45. The largest absolute Gasteiger partial charge is 0.462 e. The minimum absolute atomic E-state index is 0.176. The Morgan fingerprint density at radius 2 is 1.47 bits per heavy atom. The van der Waals surface area contributed by atoms with Crippen molar-refractivity contribution in [2.75, 3.05) is 13.2 Å². The Hall–Kier alpha value is -2.39. The van der Waals surface area contributed by atoms with Gasteiger partial charge >= 0.3 is 5.97 Å². The normalized spacial score (nSPS) is 21.7. The van der Waals surface area contributed by atoms with Crippen molar-refractivity contribution in [2.45, 2.75) is 162 Å². The van der Waals surface area contributed by atoms with Crippen molar-refractivity contribution >= 4 is 5.97 Å². The quantitative estimate of drug-likeness (QED) is 0.0817. The Kier molecular flexibility index (Phi) is 17.5. The van der Waals surface area contributed by atoms with Crippen LogP contribution in [0.15, 0.2) is 54.6 Å². The molecule has 49 heavy (non-hydrogen) atoms. The Labute approximate surface area is 300 Å². The molecule has 0 bridgehead atoms. The molecule has 2 aromatic carbocycles. The van der Waals surface area contributed by atoms with Crippen molar-refractivity contribution < 1.29 is 14.6 Å². The standard InChI is InChI=1S/C46H70O3/c1-5-8-9-10-11-13-36-16-20-40(21-17-36)41-24-26-43(27-25-41)45-29-28-44(34-39(45)7-3)42-22-18-37(19-23-42)14-12-15-38(30-32-47)31-33-49-46(48)35(4)6-2/h18-19,22-23,28-29,34,36,38,40-41,43,47H,4-17,20-21,24-27,30-33H2,1-3H3. The highest BCUT2D eigenvalue weighted by atomic mass is 16.5. The number of hydrogen-bond acceptors (Lipinski definition) is 3. The van der Waals surface area contributed by atoms with E-state index in [0.717, 1.165) is 62.2 Å². The van der Waals surface area contributed by atoms with Gasteiger partial charge in [0.2, 0.25) is 0 Å². The second-order valence-corrected chi connectivity index (χ2v) is 15.7. The Balaban J connectivity index is 1.21. The number of hydrogen-bond donors (Lipinski definition) is 1. The van der Waals surface area contributed by atoms with E-state index in [1.54, 1.807) is 11.1 Å². The van der Waals surface area contributed by atoms with Gasteiger partial charge in [0, 0.05) is 12.2 Å². The average Bonchev–Trinajstić information content (AvgIpc) is 3.14. The zero-order valence-corrected chi connectivity index (χ0v) is 31.7. The summed E-state index contributed by atoms with van der Waals surface area (Å²) in [4.78, 5) is 11.9. The minimum atomic E-state index is -0.292. The molecule has 0 amide bonds. The number of aliphatic hydroxyl groups excluding tert-OH is 1. The van der Waals surface area contributed by atoms with E-state index in [1.165, 1.54) is 107 Å². The van der Waals surface area contributed by atoms with E-state index in [2.05, 4.69) is 62.9 Å². The lowest BCUT2D eigenvalue weighted by Gasteiger charge is -2.38. The summed E-state index contributed by atoms with van der Waals surface area (Å²) in [6, 6.07) is 16.5. The predicted molar refractivity (Wildman–Crippen MR) is 208 cm³/mol. The molecule has 2 fully saturated rings. The van der Waals surface area contributed by atoms with Crippen molar-refractivity contribution in [3.8, 4) is 11.1 Å². The third-order valence-corrected chi connectivity index (χ3v) is 12.4. The summed E-state index contributed by atoms with van der Waals surface area (Å²) >= 11 is 0. The molecule has 2 saturated carbocycles. The second-order valence-electron chi connectivity index (χ2n) is 15.7. The second kappa shape index (κ2) is 21.7. The lowest BCUT2D eigenvalue weighted by Crippen LogP contribution is -2.25. The molecule has 1 atom stereocenters. The first kappa shape index (κ1) is 39.4. The van der Waals surface area contributed by atoms with Crippen LogP contribution in [-0.4, -0.2) is 24.3 Å². The lowest BCUT2D eigenvalue weighted by molar-refractivity contribution is -0.139. The van der Waals surface area contributed by atoms with E-state index in [4.69, 9.17) is 4.74 Å². The van der Waals surface area contributed by atoms with E-state index in [0.29, 0.717) is 24.5 Å². The van der Waals surface area contributed by atoms with Crippen molar-refractivity contribution in [1.29, 1.82) is 0 Å². The molecule has 0 heterocycles. The van der Waals surface area contributed by atoms with Crippen LogP contribution in [-0.2, 0) is 22.4 Å². The van der Waals surface area contributed by atoms with Gasteiger partial charge in [-0.15, -0.1) is 0 Å². The van der Waals surface area contributed by atoms with Crippen LogP contribution in [0.4, 0.5) is 0 Å². The van der Waals surface area contributed by atoms with Crippen molar-refractivity contribution in [1.82, 2.24) is 0 Å². The van der Waals surface area contributed by atoms with Crippen molar-refractivity contribution in [2.24, 2.45) is 23.7 Å². The molecule has 272 valence electrons. The fraction of sp³-hybridized carbons (Fsp3) is 0.674. The maximum Gasteiger partial charge on any atom is 0.333 e. The van der Waals surface area contributed by atoms with Crippen LogP contribution < -0.4 is 0 Å². The highest BCUT2D eigenvalue weighted by molar-refractivity contribution is 5.87. The average molecular weight is 671 g/mol. The number of aliphatic hydroxyl groups is 1. The number of esters is 1. The Bertz CT molecular complexity index is 1230. The van der Waals surface area contributed by atoms with Gasteiger partial charge in [0.1, 0.15) is 0 Å². The van der Waals surface area contributed by atoms with Gasteiger partial charge in [0.25, 0.3) is 0 Å². The molecule has 2 aromatic rings. The van der Waals surface area contributed by atoms with Gasteiger partial charge in [-0.2, -0.15) is 0 Å². The van der Waals surface area contributed by atoms with Crippen LogP contribution >= 0.6 is 0 Å². The first-order chi connectivity index (χ1) is 23.9. The van der Waals surface area contributed by atoms with Crippen LogP contribution in [0.5, 0.6) is 0 Å². The van der Waals surface area contributed by atoms with Gasteiger partial charge in [0.15, 0.2) is 0 Å². The molecule has 0 spiro atoms. The number of benzene rings is 2. The van der Waals surface area contributed by atoms with Gasteiger partial charge in [0.05, 0.1) is 6.61 Å². The van der Waals surface area contributed by atoms with E-state index in [1.807, 2.05) is 6.92 Å². The van der Waals surface area contributed by atoms with E-state index in [9.17, 15) is 9.90 Å². The molecule has 0 saturated heterocycles. The smallest absolute Gasteiger partial charge is 0.333 e. The van der Waals surface area contributed by atoms with E-state index >= 15 is 0 Å². The fourth-order valence-corrected chi connectivity index (χ4v) is 9.02. The van der Waals surface area contributed by atoms with Gasteiger partial charge < -0.3 is 9.84 Å². The predicted octanol–water partition coefficient (Wildman–Crippen LogP) is 12.6. The van der Waals surface area contributed by atoms with E-state index in [-0.39, 0.29) is 12.6 Å². The maximum absolute atomic E-state index is 11.9. The van der Waals surface area contributed by atoms with Crippen molar-refractivity contribution in [3.05, 3.63) is 71.3 Å². The molecule has 0 aromatic heterocycles. The molecule has 3 heteroatoms. The molecule has 0 aliphatic heterocycles. The third kappa shape index (κ3) is 12.7. The Morgan fingerprint density at radius 1 is 0.796 bits per heavy atom. The summed E-state index contributed by atoms with van der Waals surface area (Å²) < 4.78 is 5.38. The highest BCUT2D eigenvalue weighted by Gasteiger charge is 2.31. The van der Waals surface area contributed by atoms with Gasteiger partial charge in [-0.3, -0.25) is 0 Å². The fourth-order valence-electron chi connectivity index (χ4n) is 9.02. The molecule has 0 radical (unpaired) electrons. The number of unbranched alkanes of at least 4 members (excludes halogenated alkanes) is 4. The first-order valence-electron chi connectivity index (χ1n) is 20.6. The summed E-state index contributed by atoms with van der Waals surface area (Å²) in [5, 5.41) is 9.54. The lowest BCUT2D eigenvalue weighted by atomic mass is 9.67. The maximum atomic E-state index is 11.9. The van der Waals surface area contributed by atoms with Crippen LogP contribution in [0.1, 0.15) is 165 Å². The van der Waals surface area contributed by atoms with E-state index < -0.39 is 0 Å². The summed E-state index contributed by atoms with van der Waals surface area (Å²) in [5.41, 5.74) is 7.69. The third-order valence-electron chi connectivity index (χ3n) is 12.4. The zero-order chi connectivity index (χ0) is 34.8. The topological polar surface area (TPSA) is 46.5 Å². The number of ether oxygens (including phenoxy) is 1. The summed E-state index contributed by atoms with van der Waals surface area (Å²) in [6.45, 7) is 10.9. The Morgan fingerprint density at radius 3 is 2.12 bits per heavy atom. The number of carbonyl (C=O) groups is 1. The minimum Gasteiger partial charge on any atom is -0.462 e. The number of rotatable bonds is 21. The van der Waals surface area contributed by atoms with Gasteiger partial charge in [-0.1, -0.05) is 121 Å². The molecule has 1 unspecified atom stereocenters. The summed E-state index contributed by atoms with van der Waals surface area (Å²) in [7, 11) is 0. The summed E-state index contributed by atoms with van der Waals surface area (Å²) in [6.07, 6.45) is 26.7. The first-order valence-corrected chi connectivity index (χ1v) is 20.6. The zero-order valence-electron chi connectivity index (χ0n) is 31.7. The number of aryl methyl sites for hydroxylation is 2. The molecule has 3 nitrogen and oxygen atoms in total. The summed E-state index contributed by atoms with van der Waals surface area (Å²) in [5.74, 6) is 3.80. The molecule has 4 rings (SSSR count). The monoisotopic (exact) mass is 671 g/mol. The van der Waals surface area contributed by atoms with Crippen LogP contribution in [0, 0.1) is 23.7 Å². The molecule has 1 N–H and O–H groups in total. The van der Waals surface area contributed by atoms with Crippen molar-refractivity contribution in [3.63, 3.8) is 0 Å². The molecular weight excluding hydrogens is 601 g/mol. The molecule has 2 aliphatic rings. The molecule has 2 aliphatic carbocycles. The van der Waals surface area contributed by atoms with Crippen LogP contribution in [0.2, 0.25) is 0 Å². The number of carbonyl (C=O) groups excluding carboxylic acids is 1. The SMILES string of the molecule is C=C(CC)C(=O)OCCC(CCO)CCCc1ccc(-c2ccc(C3CCC(C4CCC(CCCCCCC)CC4)CC3)c(CC)c2)cc1.